The molecule has 1 N–H and O–H groups in total. The van der Waals surface area contributed by atoms with Crippen LogP contribution < -0.4 is 5.32 Å². The van der Waals surface area contributed by atoms with Gasteiger partial charge in [-0.2, -0.15) is 0 Å². The Balaban J connectivity index is 1.46. The van der Waals surface area contributed by atoms with Crippen molar-refractivity contribution in [3.63, 3.8) is 0 Å². The van der Waals surface area contributed by atoms with Gasteiger partial charge in [0.05, 0.1) is 11.3 Å². The lowest BCUT2D eigenvalue weighted by Crippen LogP contribution is -2.39. The summed E-state index contributed by atoms with van der Waals surface area (Å²) in [4.78, 5) is 33.0. The number of amides is 1. The minimum atomic E-state index is -0.00107. The number of aromatic nitrogens is 4. The Bertz CT molecular complexity index is 1220. The molecule has 1 amide bonds. The second-order valence-corrected chi connectivity index (χ2v) is 8.06. The zero-order valence-electron chi connectivity index (χ0n) is 18.1. The number of benzene rings is 1. The van der Waals surface area contributed by atoms with Crippen LogP contribution in [-0.4, -0.2) is 43.8 Å². The van der Waals surface area contributed by atoms with E-state index in [9.17, 15) is 4.79 Å². The smallest absolute Gasteiger partial charge is 0.255 e. The number of hydrogen-bond acceptors (Lipinski definition) is 6. The maximum absolute atomic E-state index is 13.0. The molecular weight excluding hydrogens is 412 g/mol. The molecular formula is C26H24N6O. The molecule has 33 heavy (non-hydrogen) atoms. The van der Waals surface area contributed by atoms with Crippen LogP contribution in [0.4, 0.5) is 11.5 Å². The summed E-state index contributed by atoms with van der Waals surface area (Å²) >= 11 is 0. The van der Waals surface area contributed by atoms with Crippen molar-refractivity contribution in [1.29, 1.82) is 0 Å². The van der Waals surface area contributed by atoms with E-state index in [1.165, 1.54) is 0 Å². The van der Waals surface area contributed by atoms with E-state index in [2.05, 4.69) is 15.3 Å². The molecule has 1 saturated heterocycles. The molecule has 0 saturated carbocycles. The second-order valence-electron chi connectivity index (χ2n) is 8.06. The molecule has 1 aromatic carbocycles. The number of hydrogen-bond donors (Lipinski definition) is 1. The van der Waals surface area contributed by atoms with Crippen molar-refractivity contribution in [2.45, 2.75) is 18.8 Å². The zero-order chi connectivity index (χ0) is 22.5. The number of rotatable bonds is 5. The summed E-state index contributed by atoms with van der Waals surface area (Å²) in [5.41, 5.74) is 3.30. The number of carbonyl (C=O) groups is 1. The van der Waals surface area contributed by atoms with E-state index < -0.39 is 0 Å². The SMILES string of the molecule is O=C(c1cccnc1)N1CCC[C@H](c2nc(Nc3ccccc3)cc(-c3cccnc3)n2)C1. The Morgan fingerprint density at radius 3 is 2.52 bits per heavy atom. The molecule has 4 aromatic rings. The van der Waals surface area contributed by atoms with Crippen LogP contribution in [0.5, 0.6) is 0 Å². The monoisotopic (exact) mass is 436 g/mol. The molecule has 4 heterocycles. The molecule has 0 aliphatic carbocycles. The Hall–Kier alpha value is -4.13. The molecule has 7 heteroatoms. The Morgan fingerprint density at radius 2 is 1.76 bits per heavy atom. The van der Waals surface area contributed by atoms with Crippen LogP contribution in [0, 0.1) is 0 Å². The maximum atomic E-state index is 13.0. The number of para-hydroxylation sites is 1. The van der Waals surface area contributed by atoms with Crippen molar-refractivity contribution in [1.82, 2.24) is 24.8 Å². The fraction of sp³-hybridized carbons (Fsp3) is 0.192. The first-order valence-electron chi connectivity index (χ1n) is 11.1. The summed E-state index contributed by atoms with van der Waals surface area (Å²) in [6.07, 6.45) is 8.67. The Labute approximate surface area is 192 Å². The largest absolute Gasteiger partial charge is 0.340 e. The van der Waals surface area contributed by atoms with E-state index in [0.29, 0.717) is 12.1 Å². The summed E-state index contributed by atoms with van der Waals surface area (Å²) in [5, 5.41) is 3.39. The van der Waals surface area contributed by atoms with Gasteiger partial charge in [-0.05, 0) is 49.2 Å². The van der Waals surface area contributed by atoms with Crippen molar-refractivity contribution in [3.8, 4) is 11.3 Å². The van der Waals surface area contributed by atoms with E-state index in [0.717, 1.165) is 48.0 Å². The first-order chi connectivity index (χ1) is 16.3. The Kier molecular flexibility index (Phi) is 6.01. The third kappa shape index (κ3) is 4.87. The van der Waals surface area contributed by atoms with Gasteiger partial charge in [0.1, 0.15) is 11.6 Å². The molecule has 0 bridgehead atoms. The van der Waals surface area contributed by atoms with Crippen molar-refractivity contribution < 1.29 is 4.79 Å². The summed E-state index contributed by atoms with van der Waals surface area (Å²) in [7, 11) is 0. The van der Waals surface area contributed by atoms with Gasteiger partial charge in [-0.15, -0.1) is 0 Å². The van der Waals surface area contributed by atoms with Gasteiger partial charge in [0, 0.05) is 61.1 Å². The number of piperidine rings is 1. The number of anilines is 2. The highest BCUT2D eigenvalue weighted by Crippen LogP contribution is 2.29. The number of nitrogens with one attached hydrogen (secondary N) is 1. The first-order valence-corrected chi connectivity index (χ1v) is 11.1. The quantitative estimate of drug-likeness (QED) is 0.488. The summed E-state index contributed by atoms with van der Waals surface area (Å²) in [6.45, 7) is 1.30. The highest BCUT2D eigenvalue weighted by atomic mass is 16.2. The number of pyridine rings is 2. The lowest BCUT2D eigenvalue weighted by Gasteiger charge is -2.32. The molecule has 7 nitrogen and oxygen atoms in total. The number of nitrogens with zero attached hydrogens (tertiary/aromatic N) is 5. The van der Waals surface area contributed by atoms with E-state index in [-0.39, 0.29) is 11.8 Å². The van der Waals surface area contributed by atoms with Gasteiger partial charge in [-0.25, -0.2) is 9.97 Å². The topological polar surface area (TPSA) is 83.9 Å². The predicted octanol–water partition coefficient (Wildman–Crippen LogP) is 4.70. The van der Waals surface area contributed by atoms with Gasteiger partial charge in [0.2, 0.25) is 0 Å². The molecule has 3 aromatic heterocycles. The lowest BCUT2D eigenvalue weighted by atomic mass is 9.96. The van der Waals surface area contributed by atoms with Gasteiger partial charge in [0.15, 0.2) is 0 Å². The van der Waals surface area contributed by atoms with Crippen LogP contribution in [0.1, 0.15) is 34.9 Å². The van der Waals surface area contributed by atoms with E-state index >= 15 is 0 Å². The maximum Gasteiger partial charge on any atom is 0.255 e. The third-order valence-corrected chi connectivity index (χ3v) is 5.73. The first kappa shape index (κ1) is 20.8. The van der Waals surface area contributed by atoms with Crippen molar-refractivity contribution in [2.75, 3.05) is 18.4 Å². The van der Waals surface area contributed by atoms with Crippen molar-refractivity contribution in [2.24, 2.45) is 0 Å². The fourth-order valence-corrected chi connectivity index (χ4v) is 4.09. The van der Waals surface area contributed by atoms with Crippen molar-refractivity contribution >= 4 is 17.4 Å². The summed E-state index contributed by atoms with van der Waals surface area (Å²) < 4.78 is 0. The minimum absolute atomic E-state index is 0.00107. The number of likely N-dealkylation sites (tertiary alicyclic amines) is 1. The van der Waals surface area contributed by atoms with Gasteiger partial charge < -0.3 is 10.2 Å². The highest BCUT2D eigenvalue weighted by molar-refractivity contribution is 5.94. The van der Waals surface area contributed by atoms with E-state index in [1.54, 1.807) is 36.9 Å². The highest BCUT2D eigenvalue weighted by Gasteiger charge is 2.28. The van der Waals surface area contributed by atoms with Crippen molar-refractivity contribution in [3.05, 3.63) is 96.8 Å². The molecule has 1 fully saturated rings. The van der Waals surface area contributed by atoms with Crippen LogP contribution in [-0.2, 0) is 0 Å². The molecule has 5 rings (SSSR count). The van der Waals surface area contributed by atoms with Gasteiger partial charge in [-0.1, -0.05) is 18.2 Å². The number of carbonyl (C=O) groups excluding carboxylic acids is 1. The fourth-order valence-electron chi connectivity index (χ4n) is 4.09. The molecule has 0 unspecified atom stereocenters. The lowest BCUT2D eigenvalue weighted by molar-refractivity contribution is 0.0704. The molecule has 0 spiro atoms. The second kappa shape index (κ2) is 9.56. The normalized spacial score (nSPS) is 15.8. The van der Waals surface area contributed by atoms with Crippen LogP contribution in [0.2, 0.25) is 0 Å². The van der Waals surface area contributed by atoms with Gasteiger partial charge in [-0.3, -0.25) is 14.8 Å². The molecule has 1 aliphatic rings. The van der Waals surface area contributed by atoms with E-state index in [1.807, 2.05) is 53.4 Å². The Morgan fingerprint density at radius 1 is 0.939 bits per heavy atom. The predicted molar refractivity (Wildman–Crippen MR) is 127 cm³/mol. The van der Waals surface area contributed by atoms with Crippen LogP contribution in [0.3, 0.4) is 0 Å². The third-order valence-electron chi connectivity index (χ3n) is 5.73. The molecule has 1 atom stereocenters. The standard InChI is InChI=1S/C26H24N6O/c33-26(20-8-5-13-28-17-20)32-14-6-9-21(18-32)25-30-23(19-7-4-12-27-16-19)15-24(31-25)29-22-10-2-1-3-11-22/h1-5,7-8,10-13,15-17,21H,6,9,14,18H2,(H,29,30,31)/t21-/m0/s1. The summed E-state index contributed by atoms with van der Waals surface area (Å²) in [6, 6.07) is 19.4. The van der Waals surface area contributed by atoms with Crippen LogP contribution >= 0.6 is 0 Å². The van der Waals surface area contributed by atoms with E-state index in [4.69, 9.17) is 9.97 Å². The van der Waals surface area contributed by atoms with Gasteiger partial charge in [0.25, 0.3) is 5.91 Å². The molecule has 0 radical (unpaired) electrons. The average molecular weight is 437 g/mol. The van der Waals surface area contributed by atoms with Gasteiger partial charge >= 0.3 is 0 Å². The van der Waals surface area contributed by atoms with Crippen LogP contribution in [0.25, 0.3) is 11.3 Å². The summed E-state index contributed by atoms with van der Waals surface area (Å²) in [5.74, 6) is 1.50. The zero-order valence-corrected chi connectivity index (χ0v) is 18.1. The molecule has 164 valence electrons. The average Bonchev–Trinajstić information content (AvgIpc) is 2.90. The minimum Gasteiger partial charge on any atom is -0.340 e. The molecule has 1 aliphatic heterocycles. The van der Waals surface area contributed by atoms with Crippen LogP contribution in [0.15, 0.2) is 85.5 Å².